The first-order chi connectivity index (χ1) is 10.6. The largest absolute Gasteiger partial charge is 0.453 e. The average molecular weight is 326 g/mol. The predicted molar refractivity (Wildman–Crippen MR) is 84.1 cm³/mol. The molecule has 0 radical (unpaired) electrons. The first kappa shape index (κ1) is 17.3. The fourth-order valence-corrected chi connectivity index (χ4v) is 2.35. The summed E-state index contributed by atoms with van der Waals surface area (Å²) in [5.41, 5.74) is 2.68. The molecule has 126 valence electrons. The van der Waals surface area contributed by atoms with Gasteiger partial charge in [0, 0.05) is 7.05 Å². The summed E-state index contributed by atoms with van der Waals surface area (Å²) in [6.45, 7) is 8.16. The standard InChI is InChI=1S/C16H21F3N4/c1-9(2)11-6-7-13(12(8-11)10(3)4)23-15(20-5)21-14(22-23)16(17,18)19/h6-10H,1-5H3,(H,20,21,22). The number of aromatic nitrogens is 3. The molecule has 0 bridgehead atoms. The second-order valence-corrected chi connectivity index (χ2v) is 6.05. The molecule has 1 heterocycles. The molecule has 0 fully saturated rings. The van der Waals surface area contributed by atoms with Crippen molar-refractivity contribution >= 4 is 5.95 Å². The zero-order valence-corrected chi connectivity index (χ0v) is 13.9. The second-order valence-electron chi connectivity index (χ2n) is 6.05. The third kappa shape index (κ3) is 3.48. The molecule has 0 atom stereocenters. The van der Waals surface area contributed by atoms with E-state index < -0.39 is 12.0 Å². The Bertz CT molecular complexity index is 687. The van der Waals surface area contributed by atoms with E-state index in [0.29, 0.717) is 11.6 Å². The maximum Gasteiger partial charge on any atom is 0.453 e. The summed E-state index contributed by atoms with van der Waals surface area (Å²) in [5, 5.41) is 6.34. The van der Waals surface area contributed by atoms with Crippen molar-refractivity contribution in [3.05, 3.63) is 35.2 Å². The van der Waals surface area contributed by atoms with E-state index >= 15 is 0 Å². The Labute approximate surface area is 133 Å². The third-order valence-electron chi connectivity index (χ3n) is 3.65. The van der Waals surface area contributed by atoms with Crippen LogP contribution in [-0.2, 0) is 6.18 Å². The van der Waals surface area contributed by atoms with Crippen LogP contribution in [-0.4, -0.2) is 21.8 Å². The van der Waals surface area contributed by atoms with Crippen molar-refractivity contribution in [1.29, 1.82) is 0 Å². The van der Waals surface area contributed by atoms with Crippen molar-refractivity contribution in [3.63, 3.8) is 0 Å². The van der Waals surface area contributed by atoms with Gasteiger partial charge in [0.25, 0.3) is 5.82 Å². The molecule has 1 aromatic heterocycles. The number of hydrogen-bond acceptors (Lipinski definition) is 3. The summed E-state index contributed by atoms with van der Waals surface area (Å²) < 4.78 is 39.9. The number of nitrogens with one attached hydrogen (secondary N) is 1. The Balaban J connectivity index is 2.64. The molecule has 1 N–H and O–H groups in total. The molecule has 0 aliphatic carbocycles. The number of benzene rings is 1. The number of anilines is 1. The van der Waals surface area contributed by atoms with E-state index in [2.05, 4.69) is 29.2 Å². The molecule has 0 aliphatic rings. The van der Waals surface area contributed by atoms with Crippen LogP contribution in [0.15, 0.2) is 18.2 Å². The Morgan fingerprint density at radius 2 is 1.74 bits per heavy atom. The normalized spacial score (nSPS) is 12.3. The minimum atomic E-state index is -4.58. The summed E-state index contributed by atoms with van der Waals surface area (Å²) in [6.07, 6.45) is -4.58. The van der Waals surface area contributed by atoms with Crippen LogP contribution in [0.5, 0.6) is 0 Å². The van der Waals surface area contributed by atoms with Gasteiger partial charge < -0.3 is 5.32 Å². The van der Waals surface area contributed by atoms with E-state index in [1.807, 2.05) is 26.0 Å². The van der Waals surface area contributed by atoms with E-state index in [1.54, 1.807) is 6.07 Å². The van der Waals surface area contributed by atoms with Crippen LogP contribution in [0.25, 0.3) is 5.69 Å². The van der Waals surface area contributed by atoms with Crippen LogP contribution < -0.4 is 5.32 Å². The lowest BCUT2D eigenvalue weighted by Crippen LogP contribution is -2.10. The highest BCUT2D eigenvalue weighted by Gasteiger charge is 2.37. The van der Waals surface area contributed by atoms with Crippen molar-refractivity contribution < 1.29 is 13.2 Å². The molecule has 1 aromatic carbocycles. The summed E-state index contributed by atoms with van der Waals surface area (Å²) in [6, 6.07) is 5.75. The predicted octanol–water partition coefficient (Wildman–Crippen LogP) is 4.57. The zero-order chi connectivity index (χ0) is 17.4. The second kappa shape index (κ2) is 6.22. The van der Waals surface area contributed by atoms with Gasteiger partial charge in [-0.1, -0.05) is 39.8 Å². The van der Waals surface area contributed by atoms with Crippen LogP contribution in [0.2, 0.25) is 0 Å². The molecule has 2 aromatic rings. The fraction of sp³-hybridized carbons (Fsp3) is 0.500. The lowest BCUT2D eigenvalue weighted by molar-refractivity contribution is -0.144. The van der Waals surface area contributed by atoms with Crippen LogP contribution >= 0.6 is 0 Å². The van der Waals surface area contributed by atoms with Crippen molar-refractivity contribution in [2.75, 3.05) is 12.4 Å². The zero-order valence-electron chi connectivity index (χ0n) is 13.9. The van der Waals surface area contributed by atoms with E-state index in [4.69, 9.17) is 0 Å². The lowest BCUT2D eigenvalue weighted by Gasteiger charge is -2.17. The summed E-state index contributed by atoms with van der Waals surface area (Å²) in [4.78, 5) is 3.55. The molecule has 0 spiro atoms. The van der Waals surface area contributed by atoms with Gasteiger partial charge in [0.1, 0.15) is 0 Å². The van der Waals surface area contributed by atoms with Crippen LogP contribution in [0.3, 0.4) is 0 Å². The molecule has 0 amide bonds. The van der Waals surface area contributed by atoms with Crippen LogP contribution in [0.4, 0.5) is 19.1 Å². The summed E-state index contributed by atoms with van der Waals surface area (Å²) in [7, 11) is 1.53. The molecular weight excluding hydrogens is 305 g/mol. The Morgan fingerprint density at radius 1 is 1.09 bits per heavy atom. The summed E-state index contributed by atoms with van der Waals surface area (Å²) in [5.74, 6) is -0.597. The van der Waals surface area contributed by atoms with Gasteiger partial charge >= 0.3 is 6.18 Å². The van der Waals surface area contributed by atoms with Gasteiger partial charge in [-0.2, -0.15) is 22.8 Å². The highest BCUT2D eigenvalue weighted by atomic mass is 19.4. The molecule has 7 heteroatoms. The molecule has 4 nitrogen and oxygen atoms in total. The average Bonchev–Trinajstić information content (AvgIpc) is 2.90. The highest BCUT2D eigenvalue weighted by Crippen LogP contribution is 2.32. The van der Waals surface area contributed by atoms with Gasteiger partial charge in [-0.3, -0.25) is 0 Å². The highest BCUT2D eigenvalue weighted by molar-refractivity contribution is 5.49. The quantitative estimate of drug-likeness (QED) is 0.894. The molecule has 2 rings (SSSR count). The van der Waals surface area contributed by atoms with E-state index in [1.165, 1.54) is 11.7 Å². The van der Waals surface area contributed by atoms with E-state index in [0.717, 1.165) is 11.1 Å². The van der Waals surface area contributed by atoms with Gasteiger partial charge in [-0.25, -0.2) is 0 Å². The minimum Gasteiger partial charge on any atom is -0.357 e. The molecule has 0 saturated heterocycles. The summed E-state index contributed by atoms with van der Waals surface area (Å²) >= 11 is 0. The van der Waals surface area contributed by atoms with Gasteiger partial charge in [-0.05, 0) is 29.0 Å². The van der Waals surface area contributed by atoms with Gasteiger partial charge in [0.15, 0.2) is 0 Å². The van der Waals surface area contributed by atoms with Crippen molar-refractivity contribution in [1.82, 2.24) is 14.8 Å². The van der Waals surface area contributed by atoms with Crippen molar-refractivity contribution in [3.8, 4) is 5.69 Å². The maximum atomic E-state index is 12.9. The monoisotopic (exact) mass is 326 g/mol. The molecule has 23 heavy (non-hydrogen) atoms. The Kier molecular flexibility index (Phi) is 4.68. The lowest BCUT2D eigenvalue weighted by atomic mass is 9.94. The van der Waals surface area contributed by atoms with Crippen molar-refractivity contribution in [2.45, 2.75) is 45.7 Å². The topological polar surface area (TPSA) is 42.7 Å². The number of hydrogen-bond donors (Lipinski definition) is 1. The first-order valence-electron chi connectivity index (χ1n) is 7.51. The molecule has 0 unspecified atom stereocenters. The fourth-order valence-electron chi connectivity index (χ4n) is 2.35. The number of halogens is 3. The van der Waals surface area contributed by atoms with E-state index in [-0.39, 0.29) is 11.9 Å². The minimum absolute atomic E-state index is 0.0662. The van der Waals surface area contributed by atoms with Gasteiger partial charge in [-0.15, -0.1) is 5.10 Å². The smallest absolute Gasteiger partial charge is 0.357 e. The molecule has 0 saturated carbocycles. The Morgan fingerprint density at radius 3 is 2.22 bits per heavy atom. The third-order valence-corrected chi connectivity index (χ3v) is 3.65. The van der Waals surface area contributed by atoms with Gasteiger partial charge in [0.2, 0.25) is 5.95 Å². The SMILES string of the molecule is CNc1nc(C(F)(F)F)nn1-c1ccc(C(C)C)cc1C(C)C. The molecular formula is C16H21F3N4. The maximum absolute atomic E-state index is 12.9. The number of alkyl halides is 3. The number of nitrogens with zero attached hydrogens (tertiary/aromatic N) is 3. The van der Waals surface area contributed by atoms with Crippen molar-refractivity contribution in [2.24, 2.45) is 0 Å². The van der Waals surface area contributed by atoms with E-state index in [9.17, 15) is 13.2 Å². The van der Waals surface area contributed by atoms with Gasteiger partial charge in [0.05, 0.1) is 5.69 Å². The van der Waals surface area contributed by atoms with Crippen LogP contribution in [0.1, 0.15) is 56.5 Å². The Hall–Kier alpha value is -2.05. The van der Waals surface area contributed by atoms with Crippen LogP contribution in [0, 0.1) is 0 Å². The number of rotatable bonds is 4. The molecule has 0 aliphatic heterocycles. The first-order valence-corrected chi connectivity index (χ1v) is 7.51.